The van der Waals surface area contributed by atoms with E-state index in [9.17, 15) is 4.79 Å². The molecule has 0 radical (unpaired) electrons. The summed E-state index contributed by atoms with van der Waals surface area (Å²) in [5.41, 5.74) is 3.68. The van der Waals surface area contributed by atoms with Crippen LogP contribution in [0.4, 0.5) is 0 Å². The predicted octanol–water partition coefficient (Wildman–Crippen LogP) is 4.61. The Morgan fingerprint density at radius 3 is 2.73 bits per heavy atom. The molecule has 9 heteroatoms. The van der Waals surface area contributed by atoms with Crippen molar-refractivity contribution in [2.24, 2.45) is 0 Å². The van der Waals surface area contributed by atoms with Gasteiger partial charge in [0.1, 0.15) is 11.8 Å². The van der Waals surface area contributed by atoms with E-state index in [2.05, 4.69) is 45.3 Å². The van der Waals surface area contributed by atoms with E-state index in [4.69, 9.17) is 9.15 Å². The molecule has 1 aliphatic heterocycles. The van der Waals surface area contributed by atoms with Gasteiger partial charge in [-0.05, 0) is 96.8 Å². The molecule has 2 aliphatic rings. The highest BCUT2D eigenvalue weighted by Crippen LogP contribution is 2.35. The van der Waals surface area contributed by atoms with E-state index in [-0.39, 0.29) is 17.7 Å². The highest BCUT2D eigenvalue weighted by Gasteiger charge is 2.35. The normalized spacial score (nSPS) is 19.4. The van der Waals surface area contributed by atoms with E-state index in [0.29, 0.717) is 24.5 Å². The molecular formula is C28H34N6O3. The van der Waals surface area contributed by atoms with E-state index in [1.807, 2.05) is 28.9 Å². The molecule has 1 aromatic carbocycles. The first-order valence-electron chi connectivity index (χ1n) is 13.4. The van der Waals surface area contributed by atoms with Gasteiger partial charge < -0.3 is 14.1 Å². The Morgan fingerprint density at radius 1 is 1.14 bits per heavy atom. The number of benzene rings is 1. The van der Waals surface area contributed by atoms with E-state index < -0.39 is 6.04 Å². The van der Waals surface area contributed by atoms with Crippen molar-refractivity contribution >= 4 is 10.9 Å². The maximum atomic E-state index is 13.7. The first-order valence-corrected chi connectivity index (χ1v) is 13.4. The van der Waals surface area contributed by atoms with Crippen LogP contribution in [-0.4, -0.2) is 49.3 Å². The van der Waals surface area contributed by atoms with E-state index in [1.54, 1.807) is 6.26 Å². The Kier molecular flexibility index (Phi) is 6.65. The summed E-state index contributed by atoms with van der Waals surface area (Å²) in [5.74, 6) is 1.52. The Hall–Kier alpha value is -3.30. The lowest BCUT2D eigenvalue weighted by Crippen LogP contribution is -2.39. The smallest absolute Gasteiger partial charge is 0.253 e. The van der Waals surface area contributed by atoms with Crippen LogP contribution in [0.3, 0.4) is 0 Å². The van der Waals surface area contributed by atoms with E-state index in [0.717, 1.165) is 67.4 Å². The van der Waals surface area contributed by atoms with Gasteiger partial charge in [-0.15, -0.1) is 5.10 Å². The zero-order chi connectivity index (χ0) is 25.4. The van der Waals surface area contributed by atoms with Gasteiger partial charge in [0.2, 0.25) is 0 Å². The van der Waals surface area contributed by atoms with Crippen molar-refractivity contribution in [2.45, 2.75) is 77.1 Å². The number of nitrogens with zero attached hydrogens (tertiary/aromatic N) is 5. The van der Waals surface area contributed by atoms with Crippen LogP contribution < -0.4 is 5.56 Å². The number of aryl methyl sites for hydroxylation is 2. The molecule has 37 heavy (non-hydrogen) atoms. The molecule has 4 heterocycles. The number of hydrogen-bond acceptors (Lipinski definition) is 7. The molecule has 194 valence electrons. The molecule has 2 atom stereocenters. The number of aromatic amines is 1. The summed E-state index contributed by atoms with van der Waals surface area (Å²) < 4.78 is 13.8. The standard InChI is InChI=1S/C28H34N6O3/c1-18-13-20-15-24(28(35)29-25(20)14-19(18)2)26(27-30-31-32-34(27)21-7-3-4-8-21)33(16-22-9-5-11-36-22)17-23-10-6-12-37-23/h5,9,11,13-15,21,23,26H,3-4,6-8,10,12,16-17H2,1-2H3,(H,29,35)/t23-,26-/m1/s1. The van der Waals surface area contributed by atoms with Crippen molar-refractivity contribution in [1.82, 2.24) is 30.1 Å². The lowest BCUT2D eigenvalue weighted by molar-refractivity contribution is 0.0541. The monoisotopic (exact) mass is 502 g/mol. The number of H-pyrrole nitrogens is 1. The fourth-order valence-corrected chi connectivity index (χ4v) is 5.90. The van der Waals surface area contributed by atoms with E-state index in [1.165, 1.54) is 5.56 Å². The molecule has 0 amide bonds. The van der Waals surface area contributed by atoms with Gasteiger partial charge in [0.15, 0.2) is 5.82 Å². The third kappa shape index (κ3) is 4.85. The highest BCUT2D eigenvalue weighted by molar-refractivity contribution is 5.81. The van der Waals surface area contributed by atoms with Crippen LogP contribution in [0.1, 0.15) is 78.9 Å². The molecule has 1 aliphatic carbocycles. The van der Waals surface area contributed by atoms with Gasteiger partial charge in [-0.25, -0.2) is 4.68 Å². The van der Waals surface area contributed by atoms with Crippen LogP contribution >= 0.6 is 0 Å². The minimum absolute atomic E-state index is 0.0812. The van der Waals surface area contributed by atoms with Crippen LogP contribution in [0.15, 0.2) is 45.8 Å². The van der Waals surface area contributed by atoms with Crippen LogP contribution in [0.5, 0.6) is 0 Å². The second kappa shape index (κ2) is 10.2. The quantitative estimate of drug-likeness (QED) is 0.375. The molecule has 1 saturated heterocycles. The summed E-state index contributed by atoms with van der Waals surface area (Å²) in [6.07, 6.45) is 8.21. The minimum atomic E-state index is -0.459. The van der Waals surface area contributed by atoms with Gasteiger partial charge in [-0.3, -0.25) is 9.69 Å². The molecule has 0 bridgehead atoms. The number of aromatic nitrogens is 5. The number of rotatable bonds is 8. The predicted molar refractivity (Wildman–Crippen MR) is 139 cm³/mol. The van der Waals surface area contributed by atoms with Crippen molar-refractivity contribution < 1.29 is 9.15 Å². The number of fused-ring (bicyclic) bond motifs is 1. The third-order valence-electron chi connectivity index (χ3n) is 7.98. The van der Waals surface area contributed by atoms with Gasteiger partial charge in [-0.2, -0.15) is 0 Å². The second-order valence-electron chi connectivity index (χ2n) is 10.5. The SMILES string of the molecule is Cc1cc2cc([C@H](c3nnnn3C3CCCC3)N(Cc3ccco3)C[C@H]3CCCO3)c(=O)[nH]c2cc1C. The average Bonchev–Trinajstić information content (AvgIpc) is 3.69. The van der Waals surface area contributed by atoms with Crippen molar-refractivity contribution in [1.29, 1.82) is 0 Å². The molecule has 6 rings (SSSR count). The lowest BCUT2D eigenvalue weighted by Gasteiger charge is -2.32. The first-order chi connectivity index (χ1) is 18.1. The van der Waals surface area contributed by atoms with Gasteiger partial charge in [0.05, 0.1) is 25.0 Å². The van der Waals surface area contributed by atoms with Gasteiger partial charge in [0, 0.05) is 24.2 Å². The average molecular weight is 503 g/mol. The maximum Gasteiger partial charge on any atom is 0.253 e. The van der Waals surface area contributed by atoms with Crippen molar-refractivity contribution in [3.63, 3.8) is 0 Å². The first kappa shape index (κ1) is 24.1. The molecule has 1 saturated carbocycles. The summed E-state index contributed by atoms with van der Waals surface area (Å²) in [5, 5.41) is 14.1. The zero-order valence-electron chi connectivity index (χ0n) is 21.5. The Labute approximate surface area is 215 Å². The van der Waals surface area contributed by atoms with Crippen molar-refractivity contribution in [3.05, 3.63) is 75.2 Å². The molecule has 3 aromatic heterocycles. The minimum Gasteiger partial charge on any atom is -0.468 e. The summed E-state index contributed by atoms with van der Waals surface area (Å²) in [6.45, 7) is 6.08. The van der Waals surface area contributed by atoms with Gasteiger partial charge >= 0.3 is 0 Å². The number of furan rings is 1. The molecule has 4 aromatic rings. The molecule has 2 fully saturated rings. The fourth-order valence-electron chi connectivity index (χ4n) is 5.90. The summed E-state index contributed by atoms with van der Waals surface area (Å²) >= 11 is 0. The fraction of sp³-hybridized carbons (Fsp3) is 0.500. The summed E-state index contributed by atoms with van der Waals surface area (Å²) in [7, 11) is 0. The largest absolute Gasteiger partial charge is 0.468 e. The van der Waals surface area contributed by atoms with Gasteiger partial charge in [-0.1, -0.05) is 12.8 Å². The van der Waals surface area contributed by atoms with Crippen LogP contribution in [-0.2, 0) is 11.3 Å². The summed E-state index contributed by atoms with van der Waals surface area (Å²) in [6, 6.07) is 9.84. The zero-order valence-corrected chi connectivity index (χ0v) is 21.5. The Morgan fingerprint density at radius 2 is 1.97 bits per heavy atom. The van der Waals surface area contributed by atoms with E-state index >= 15 is 0 Å². The number of ether oxygens (including phenoxy) is 1. The van der Waals surface area contributed by atoms with Gasteiger partial charge in [0.25, 0.3) is 5.56 Å². The topological polar surface area (TPSA) is 102 Å². The third-order valence-corrected chi connectivity index (χ3v) is 7.98. The maximum absolute atomic E-state index is 13.7. The Balaban J connectivity index is 1.51. The Bertz CT molecular complexity index is 1410. The number of nitrogens with one attached hydrogen (secondary N) is 1. The van der Waals surface area contributed by atoms with Crippen molar-refractivity contribution in [3.8, 4) is 0 Å². The van der Waals surface area contributed by atoms with Crippen LogP contribution in [0, 0.1) is 13.8 Å². The molecular weight excluding hydrogens is 468 g/mol. The molecule has 0 unspecified atom stereocenters. The second-order valence-corrected chi connectivity index (χ2v) is 10.5. The molecule has 0 spiro atoms. The number of hydrogen-bond donors (Lipinski definition) is 1. The number of pyridine rings is 1. The summed E-state index contributed by atoms with van der Waals surface area (Å²) in [4.78, 5) is 19.1. The van der Waals surface area contributed by atoms with Crippen LogP contribution in [0.25, 0.3) is 10.9 Å². The van der Waals surface area contributed by atoms with Crippen LogP contribution in [0.2, 0.25) is 0 Å². The molecule has 9 nitrogen and oxygen atoms in total. The highest BCUT2D eigenvalue weighted by atomic mass is 16.5. The lowest BCUT2D eigenvalue weighted by atomic mass is 10.00. The van der Waals surface area contributed by atoms with Crippen molar-refractivity contribution in [2.75, 3.05) is 13.2 Å². The number of tetrazole rings is 1. The molecule has 1 N–H and O–H groups in total.